The van der Waals surface area contributed by atoms with E-state index >= 15 is 0 Å². The summed E-state index contributed by atoms with van der Waals surface area (Å²) in [6.45, 7) is 4.48. The number of methoxy groups -OCH3 is 1. The van der Waals surface area contributed by atoms with Gasteiger partial charge in [0.05, 0.1) is 13.0 Å². The van der Waals surface area contributed by atoms with Crippen molar-refractivity contribution in [3.8, 4) is 5.75 Å². The van der Waals surface area contributed by atoms with Gasteiger partial charge in [0.2, 0.25) is 5.91 Å². The molecular weight excluding hydrogens is 384 g/mol. The number of aromatic nitrogens is 1. The molecule has 1 amide bonds. The van der Waals surface area contributed by atoms with Crippen molar-refractivity contribution in [3.63, 3.8) is 0 Å². The van der Waals surface area contributed by atoms with E-state index in [2.05, 4.69) is 26.2 Å². The van der Waals surface area contributed by atoms with Crippen molar-refractivity contribution in [3.05, 3.63) is 54.4 Å². The number of piperazine rings is 1. The Morgan fingerprint density at radius 1 is 1.17 bits per heavy atom. The maximum atomic E-state index is 12.4. The second-order valence-corrected chi connectivity index (χ2v) is 7.46. The summed E-state index contributed by atoms with van der Waals surface area (Å²) in [7, 11) is 1.55. The fourth-order valence-corrected chi connectivity index (χ4v) is 3.56. The molecule has 8 nitrogen and oxygen atoms in total. The summed E-state index contributed by atoms with van der Waals surface area (Å²) < 4.78 is 5.14. The lowest BCUT2D eigenvalue weighted by molar-refractivity contribution is -0.144. The molecule has 1 saturated heterocycles. The Morgan fingerprint density at radius 2 is 1.93 bits per heavy atom. The quantitative estimate of drug-likeness (QED) is 0.650. The molecule has 1 atom stereocenters. The number of nitrogens with zero attached hydrogens (tertiary/aromatic N) is 3. The van der Waals surface area contributed by atoms with Gasteiger partial charge >= 0.3 is 5.97 Å². The van der Waals surface area contributed by atoms with E-state index in [1.165, 1.54) is 5.56 Å². The molecule has 2 heterocycles. The minimum atomic E-state index is -0.950. The van der Waals surface area contributed by atoms with Crippen LogP contribution in [0, 0.1) is 5.92 Å². The van der Waals surface area contributed by atoms with E-state index in [-0.39, 0.29) is 12.3 Å². The smallest absolute Gasteiger partial charge is 0.308 e. The molecule has 1 aromatic heterocycles. The minimum Gasteiger partial charge on any atom is -0.497 e. The Bertz CT molecular complexity index is 838. The summed E-state index contributed by atoms with van der Waals surface area (Å²) in [4.78, 5) is 32.7. The minimum absolute atomic E-state index is 0.0670. The molecule has 1 fully saturated rings. The number of rotatable bonds is 9. The van der Waals surface area contributed by atoms with Crippen LogP contribution in [-0.2, 0) is 16.1 Å². The van der Waals surface area contributed by atoms with Crippen LogP contribution in [-0.4, -0.2) is 71.6 Å². The molecule has 0 unspecified atom stereocenters. The van der Waals surface area contributed by atoms with Crippen LogP contribution in [0.2, 0.25) is 0 Å². The van der Waals surface area contributed by atoms with Crippen LogP contribution in [0.4, 0.5) is 5.69 Å². The lowest BCUT2D eigenvalue weighted by Crippen LogP contribution is -2.48. The third kappa shape index (κ3) is 6.53. The van der Waals surface area contributed by atoms with Gasteiger partial charge in [0, 0.05) is 69.8 Å². The molecule has 3 rings (SSSR count). The van der Waals surface area contributed by atoms with Crippen LogP contribution in [0.15, 0.2) is 48.8 Å². The van der Waals surface area contributed by atoms with Crippen LogP contribution < -0.4 is 10.1 Å². The Kier molecular flexibility index (Phi) is 7.75. The predicted octanol–water partition coefficient (Wildman–Crippen LogP) is 1.94. The molecule has 2 N–H and O–H groups in total. The van der Waals surface area contributed by atoms with Crippen molar-refractivity contribution in [1.82, 2.24) is 14.8 Å². The lowest BCUT2D eigenvalue weighted by atomic mass is 10.0. The largest absolute Gasteiger partial charge is 0.497 e. The third-order valence-electron chi connectivity index (χ3n) is 5.21. The highest BCUT2D eigenvalue weighted by Crippen LogP contribution is 2.18. The zero-order chi connectivity index (χ0) is 21.3. The second kappa shape index (κ2) is 10.7. The van der Waals surface area contributed by atoms with Gasteiger partial charge < -0.3 is 15.2 Å². The van der Waals surface area contributed by atoms with Gasteiger partial charge in [-0.3, -0.25) is 24.4 Å². The van der Waals surface area contributed by atoms with Crippen LogP contribution in [0.1, 0.15) is 12.0 Å². The molecular formula is C22H28N4O4. The molecule has 0 aliphatic carbocycles. The molecule has 2 aromatic rings. The van der Waals surface area contributed by atoms with E-state index in [1.54, 1.807) is 37.6 Å². The lowest BCUT2D eigenvalue weighted by Gasteiger charge is -2.35. The van der Waals surface area contributed by atoms with Gasteiger partial charge in [-0.2, -0.15) is 0 Å². The fourth-order valence-electron chi connectivity index (χ4n) is 3.56. The number of carbonyl (C=O) groups excluding carboxylic acids is 1. The van der Waals surface area contributed by atoms with Crippen LogP contribution in [0.25, 0.3) is 0 Å². The molecule has 1 aliphatic heterocycles. The van der Waals surface area contributed by atoms with E-state index < -0.39 is 11.9 Å². The summed E-state index contributed by atoms with van der Waals surface area (Å²) in [6.07, 6.45) is 3.56. The number of hydrogen-bond acceptors (Lipinski definition) is 6. The molecule has 1 aliphatic rings. The number of carboxylic acids is 1. The van der Waals surface area contributed by atoms with Crippen molar-refractivity contribution in [2.75, 3.05) is 45.2 Å². The normalized spacial score (nSPS) is 16.0. The first-order chi connectivity index (χ1) is 14.5. The zero-order valence-corrected chi connectivity index (χ0v) is 17.2. The molecule has 1 aromatic carbocycles. The molecule has 0 radical (unpaired) electrons. The van der Waals surface area contributed by atoms with E-state index in [0.717, 1.165) is 32.7 Å². The van der Waals surface area contributed by atoms with Crippen molar-refractivity contribution in [1.29, 1.82) is 0 Å². The number of nitrogens with one attached hydrogen (secondary N) is 1. The van der Waals surface area contributed by atoms with E-state index in [9.17, 15) is 14.7 Å². The molecule has 30 heavy (non-hydrogen) atoms. The van der Waals surface area contributed by atoms with E-state index in [0.29, 0.717) is 18.0 Å². The average molecular weight is 412 g/mol. The average Bonchev–Trinajstić information content (AvgIpc) is 2.75. The van der Waals surface area contributed by atoms with Crippen molar-refractivity contribution < 1.29 is 19.4 Å². The molecule has 0 saturated carbocycles. The number of ether oxygens (including phenoxy) is 1. The first kappa shape index (κ1) is 21.7. The highest BCUT2D eigenvalue weighted by atomic mass is 16.5. The van der Waals surface area contributed by atoms with Gasteiger partial charge in [-0.15, -0.1) is 0 Å². The maximum Gasteiger partial charge on any atom is 0.308 e. The third-order valence-corrected chi connectivity index (χ3v) is 5.21. The van der Waals surface area contributed by atoms with Gasteiger partial charge in [-0.05, 0) is 23.8 Å². The van der Waals surface area contributed by atoms with Gasteiger partial charge in [-0.25, -0.2) is 0 Å². The van der Waals surface area contributed by atoms with Crippen molar-refractivity contribution in [2.24, 2.45) is 5.92 Å². The van der Waals surface area contributed by atoms with Crippen LogP contribution in [0.5, 0.6) is 5.75 Å². The number of aliphatic carboxylic acids is 1. The second-order valence-electron chi connectivity index (χ2n) is 7.46. The van der Waals surface area contributed by atoms with Gasteiger partial charge in [0.1, 0.15) is 5.75 Å². The monoisotopic (exact) mass is 412 g/mol. The van der Waals surface area contributed by atoms with Gasteiger partial charge in [0.25, 0.3) is 0 Å². The summed E-state index contributed by atoms with van der Waals surface area (Å²) >= 11 is 0. The van der Waals surface area contributed by atoms with Gasteiger partial charge in [-0.1, -0.05) is 12.1 Å². The number of carbonyl (C=O) groups is 2. The SMILES string of the molecule is COc1cccc(NC(=O)C[C@@H](CN2CCN(Cc3cccnc3)CC2)C(=O)O)c1. The topological polar surface area (TPSA) is 95.0 Å². The van der Waals surface area contributed by atoms with E-state index in [1.807, 2.05) is 12.3 Å². The molecule has 8 heteroatoms. The Labute approximate surface area is 176 Å². The Balaban J connectivity index is 1.47. The fraction of sp³-hybridized carbons (Fsp3) is 0.409. The summed E-state index contributed by atoms with van der Waals surface area (Å²) in [5.74, 6) is -1.38. The van der Waals surface area contributed by atoms with Crippen molar-refractivity contribution >= 4 is 17.6 Å². The highest BCUT2D eigenvalue weighted by molar-refractivity contribution is 5.93. The number of hydrogen-bond donors (Lipinski definition) is 2. The molecule has 0 spiro atoms. The number of carboxylic acid groups (broad SMARTS) is 1. The molecule has 0 bridgehead atoms. The number of benzene rings is 1. The summed E-state index contributed by atoms with van der Waals surface area (Å²) in [6, 6.07) is 11.0. The maximum absolute atomic E-state index is 12.4. The summed E-state index contributed by atoms with van der Waals surface area (Å²) in [5.41, 5.74) is 1.76. The predicted molar refractivity (Wildman–Crippen MR) is 113 cm³/mol. The molecule has 160 valence electrons. The first-order valence-corrected chi connectivity index (χ1v) is 10.0. The number of anilines is 1. The van der Waals surface area contributed by atoms with Crippen LogP contribution >= 0.6 is 0 Å². The Morgan fingerprint density at radius 3 is 2.60 bits per heavy atom. The van der Waals surface area contributed by atoms with Crippen molar-refractivity contribution in [2.45, 2.75) is 13.0 Å². The van der Waals surface area contributed by atoms with E-state index in [4.69, 9.17) is 4.74 Å². The highest BCUT2D eigenvalue weighted by Gasteiger charge is 2.26. The number of amides is 1. The zero-order valence-electron chi connectivity index (χ0n) is 17.2. The van der Waals surface area contributed by atoms with Gasteiger partial charge in [0.15, 0.2) is 0 Å². The Hall–Kier alpha value is -2.97. The van der Waals surface area contributed by atoms with Crippen LogP contribution in [0.3, 0.4) is 0 Å². The first-order valence-electron chi connectivity index (χ1n) is 10.0. The number of pyridine rings is 1. The standard InChI is InChI=1S/C22H28N4O4/c1-30-20-6-2-5-19(13-20)24-21(27)12-18(22(28)29)16-26-10-8-25(9-11-26)15-17-4-3-7-23-14-17/h2-7,13-14,18H,8-12,15-16H2,1H3,(H,24,27)(H,28,29)/t18-/m0/s1. The summed E-state index contributed by atoms with van der Waals surface area (Å²) in [5, 5.41) is 12.4.